The first-order valence-corrected chi connectivity index (χ1v) is 13.9. The van der Waals surface area contributed by atoms with Gasteiger partial charge in [0.1, 0.15) is 6.04 Å². The fourth-order valence-electron chi connectivity index (χ4n) is 4.22. The highest BCUT2D eigenvalue weighted by molar-refractivity contribution is 5.88. The van der Waals surface area contributed by atoms with Crippen LogP contribution in [0, 0.1) is 0 Å². The van der Waals surface area contributed by atoms with Gasteiger partial charge in [-0.25, -0.2) is 9.18 Å². The van der Waals surface area contributed by atoms with Crippen LogP contribution >= 0.6 is 0 Å². The number of carboxylic acids is 2. The predicted molar refractivity (Wildman–Crippen MR) is 168 cm³/mol. The molecule has 47 heavy (non-hydrogen) atoms. The number of fused-ring (bicyclic) bond motifs is 1. The largest absolute Gasteiger partial charge is 0.480 e. The lowest BCUT2D eigenvalue weighted by Gasteiger charge is -2.29. The van der Waals surface area contributed by atoms with E-state index in [4.69, 9.17) is 10.2 Å². The van der Waals surface area contributed by atoms with Crippen molar-refractivity contribution in [3.8, 4) is 11.1 Å². The summed E-state index contributed by atoms with van der Waals surface area (Å²) >= 11 is 0. The van der Waals surface area contributed by atoms with E-state index in [-0.39, 0.29) is 0 Å². The Morgan fingerprint density at radius 2 is 1.28 bits per heavy atom. The summed E-state index contributed by atoms with van der Waals surface area (Å²) in [6.07, 6.45) is 0.891. The molecule has 12 heteroatoms. The van der Waals surface area contributed by atoms with E-state index in [9.17, 15) is 36.5 Å². The van der Waals surface area contributed by atoms with Crippen LogP contribution in [0.15, 0.2) is 127 Å². The number of benzene rings is 5. The highest BCUT2D eigenvalue weighted by atomic mass is 19.4. The summed E-state index contributed by atoms with van der Waals surface area (Å²) in [7, 11) is 0. The van der Waals surface area contributed by atoms with E-state index in [1.165, 1.54) is 6.07 Å². The monoisotopic (exact) mass is 652 g/mol. The molecule has 0 heterocycles. The molecule has 5 aromatic carbocycles. The number of anilines is 1. The van der Waals surface area contributed by atoms with Crippen LogP contribution < -0.4 is 5.32 Å². The van der Waals surface area contributed by atoms with E-state index in [1.807, 2.05) is 97.1 Å². The Balaban J connectivity index is 0.000000192. The molecule has 5 aromatic rings. The Labute approximate surface area is 266 Å². The molecule has 0 aliphatic carbocycles. The van der Waals surface area contributed by atoms with Crippen molar-refractivity contribution in [1.82, 2.24) is 5.34 Å². The molecule has 7 nitrogen and oxygen atoms in total. The van der Waals surface area contributed by atoms with Crippen LogP contribution in [0.5, 0.6) is 0 Å². The van der Waals surface area contributed by atoms with Crippen molar-refractivity contribution in [3.63, 3.8) is 0 Å². The molecule has 0 spiro atoms. The highest BCUT2D eigenvalue weighted by Crippen LogP contribution is 2.44. The van der Waals surface area contributed by atoms with Crippen molar-refractivity contribution in [2.75, 3.05) is 5.32 Å². The van der Waals surface area contributed by atoms with Crippen molar-refractivity contribution in [2.45, 2.75) is 24.7 Å². The highest BCUT2D eigenvalue weighted by Gasteiger charge is 2.68. The number of carbonyl (C=O) groups is 3. The molecule has 0 bridgehead atoms. The fraction of sp³-hybridized carbons (Fsp3) is 0.114. The lowest BCUT2D eigenvalue weighted by molar-refractivity contribution is -0.339. The van der Waals surface area contributed by atoms with Crippen molar-refractivity contribution < 1.29 is 46.7 Å². The zero-order chi connectivity index (χ0) is 34.6. The zero-order valence-corrected chi connectivity index (χ0v) is 24.7. The lowest BCUT2D eigenvalue weighted by Crippen LogP contribution is -2.55. The zero-order valence-electron chi connectivity index (χ0n) is 24.7. The molecule has 0 saturated carbocycles. The number of carboxylic acid groups (broad SMARTS) is 2. The number of rotatable bonds is 9. The third-order valence-electron chi connectivity index (χ3n) is 6.74. The number of hydrogen-bond donors (Lipinski definition) is 3. The molecule has 0 aliphatic heterocycles. The van der Waals surface area contributed by atoms with Crippen LogP contribution in [-0.2, 0) is 15.5 Å². The van der Waals surface area contributed by atoms with Gasteiger partial charge in [0, 0.05) is 16.8 Å². The smallest absolute Gasteiger partial charge is 0.382 e. The van der Waals surface area contributed by atoms with Crippen molar-refractivity contribution in [3.05, 3.63) is 139 Å². The van der Waals surface area contributed by atoms with Gasteiger partial charge in [-0.3, -0.25) is 9.59 Å². The number of carbonyl (C=O) groups excluding carboxylic acids is 1. The molecule has 0 radical (unpaired) electrons. The molecule has 0 unspecified atom stereocenters. The first kappa shape index (κ1) is 35.9. The maximum absolute atomic E-state index is 13.4. The molecule has 2 atom stereocenters. The summed E-state index contributed by atoms with van der Waals surface area (Å²) in [5.74, 6) is -13.8. The molecular formula is C35H29F5N2O5. The van der Waals surface area contributed by atoms with Gasteiger partial charge in [0.15, 0.2) is 6.29 Å². The van der Waals surface area contributed by atoms with Crippen LogP contribution in [0.2, 0.25) is 0 Å². The van der Waals surface area contributed by atoms with E-state index in [0.717, 1.165) is 51.6 Å². The first-order chi connectivity index (χ1) is 22.3. The summed E-state index contributed by atoms with van der Waals surface area (Å²) in [5.41, 5.74) is 2.47. The van der Waals surface area contributed by atoms with E-state index < -0.39 is 40.6 Å². The number of aldehydes is 1. The number of aliphatic carboxylic acids is 2. The fourth-order valence-corrected chi connectivity index (χ4v) is 4.22. The number of nitrogens with one attached hydrogen (secondary N) is 1. The number of hydrogen-bond acceptors (Lipinski definition) is 5. The topological polar surface area (TPSA) is 107 Å². The number of alkyl halides is 3. The normalized spacial score (nSPS) is 12.7. The van der Waals surface area contributed by atoms with Gasteiger partial charge >= 0.3 is 23.7 Å². The molecule has 0 saturated heterocycles. The minimum atomic E-state index is -5.12. The van der Waals surface area contributed by atoms with Crippen molar-refractivity contribution >= 4 is 34.7 Å². The molecule has 0 aromatic heterocycles. The van der Waals surface area contributed by atoms with Crippen molar-refractivity contribution in [2.24, 2.45) is 0 Å². The van der Waals surface area contributed by atoms with E-state index in [1.54, 1.807) is 6.92 Å². The maximum Gasteiger partial charge on any atom is 0.382 e. The SMILES string of the molecule is C[C@H](Nc1ccc2ccccc2c1)C(=O)O.O=C(O)[C@@](F)(N(F)F)C(F)(F)c1ccccc1.O=Cc1ccccc1-c1ccccc1. The van der Waals surface area contributed by atoms with Crippen molar-refractivity contribution in [1.29, 1.82) is 0 Å². The van der Waals surface area contributed by atoms with Gasteiger partial charge in [-0.1, -0.05) is 124 Å². The minimum Gasteiger partial charge on any atom is -0.480 e. The first-order valence-electron chi connectivity index (χ1n) is 13.9. The Hall–Kier alpha value is -5.62. The van der Waals surface area contributed by atoms with E-state index in [0.29, 0.717) is 12.1 Å². The quantitative estimate of drug-likeness (QED) is 0.0635. The van der Waals surface area contributed by atoms with Gasteiger partial charge in [0.05, 0.1) is 5.34 Å². The maximum atomic E-state index is 13.4. The Kier molecular flexibility index (Phi) is 12.3. The standard InChI is InChI=1S/C13H13NO2.C13H10O.C9H6F5NO2/c1-9(13(15)16)14-12-7-6-10-4-2-3-5-11(10)8-12;14-10-12-8-4-5-9-13(12)11-6-2-1-3-7-11;10-8(11,6-4-2-1-3-5-6)9(12,7(16)17)15(13)14/h2-9,14H,1H3,(H,15,16);1-10H;1-5H,(H,16,17)/t9-;;9-/m0.1/s1. The van der Waals surface area contributed by atoms with Gasteiger partial charge in [-0.2, -0.15) is 8.78 Å². The summed E-state index contributed by atoms with van der Waals surface area (Å²) in [4.78, 5) is 31.8. The van der Waals surface area contributed by atoms with Gasteiger partial charge in [-0.15, -0.1) is 0 Å². The summed E-state index contributed by atoms with van der Waals surface area (Å²) in [6, 6.07) is 35.4. The van der Waals surface area contributed by atoms with Crippen LogP contribution in [0.1, 0.15) is 22.8 Å². The van der Waals surface area contributed by atoms with E-state index in [2.05, 4.69) is 5.32 Å². The molecule has 0 fully saturated rings. The molecule has 3 N–H and O–H groups in total. The van der Waals surface area contributed by atoms with Crippen LogP contribution in [0.3, 0.4) is 0 Å². The molecule has 244 valence electrons. The second-order valence-corrected chi connectivity index (χ2v) is 9.94. The van der Waals surface area contributed by atoms with Gasteiger partial charge in [0.25, 0.3) is 0 Å². The average Bonchev–Trinajstić information content (AvgIpc) is 3.08. The van der Waals surface area contributed by atoms with Crippen LogP contribution in [-0.4, -0.2) is 45.6 Å². The molecule has 5 rings (SSSR count). The Morgan fingerprint density at radius 3 is 1.83 bits per heavy atom. The molecular weight excluding hydrogens is 623 g/mol. The number of nitrogens with zero attached hydrogens (tertiary/aromatic N) is 1. The lowest BCUT2D eigenvalue weighted by atomic mass is 9.99. The predicted octanol–water partition coefficient (Wildman–Crippen LogP) is 8.49. The van der Waals surface area contributed by atoms with Crippen LogP contribution in [0.4, 0.5) is 27.8 Å². The second kappa shape index (κ2) is 16.1. The summed E-state index contributed by atoms with van der Waals surface area (Å²) in [6.45, 7) is 1.62. The van der Waals surface area contributed by atoms with Crippen LogP contribution in [0.25, 0.3) is 21.9 Å². The van der Waals surface area contributed by atoms with E-state index >= 15 is 0 Å². The minimum absolute atomic E-state index is 0.582. The average molecular weight is 653 g/mol. The third-order valence-corrected chi connectivity index (χ3v) is 6.74. The Morgan fingerprint density at radius 1 is 0.745 bits per heavy atom. The second-order valence-electron chi connectivity index (χ2n) is 9.94. The Bertz CT molecular complexity index is 1790. The van der Waals surface area contributed by atoms with Gasteiger partial charge in [-0.05, 0) is 41.0 Å². The molecule has 0 amide bonds. The summed E-state index contributed by atoms with van der Waals surface area (Å²) < 4.78 is 64.4. The third kappa shape index (κ3) is 8.76. The number of halogens is 5. The van der Waals surface area contributed by atoms with Gasteiger partial charge < -0.3 is 15.5 Å². The summed E-state index contributed by atoms with van der Waals surface area (Å²) in [5, 5.41) is 19.6. The molecule has 0 aliphatic rings. The van der Waals surface area contributed by atoms with Gasteiger partial charge in [0.2, 0.25) is 0 Å².